The molecule has 0 saturated heterocycles. The van der Waals surface area contributed by atoms with E-state index in [0.717, 1.165) is 6.26 Å². The van der Waals surface area contributed by atoms with E-state index in [1.165, 1.54) is 12.1 Å². The molecule has 0 saturated carbocycles. The summed E-state index contributed by atoms with van der Waals surface area (Å²) in [5, 5.41) is -0.000797. The van der Waals surface area contributed by atoms with Crippen molar-refractivity contribution in [2.75, 3.05) is 24.3 Å². The number of sulfonamides is 1. The van der Waals surface area contributed by atoms with Gasteiger partial charge in [-0.1, -0.05) is 23.2 Å². The molecular weight excluding hydrogens is 347 g/mol. The summed E-state index contributed by atoms with van der Waals surface area (Å²) in [7, 11) is -6.99. The number of hydrogen-bond acceptors (Lipinski definition) is 5. The second-order valence-corrected chi connectivity index (χ2v) is 8.93. The van der Waals surface area contributed by atoms with Crippen molar-refractivity contribution in [2.45, 2.75) is 11.3 Å². The maximum Gasteiger partial charge on any atom is 0.242 e. The Bertz CT molecular complexity index is 702. The molecule has 0 aliphatic heterocycles. The number of halogens is 2. The van der Waals surface area contributed by atoms with E-state index < -0.39 is 19.9 Å². The van der Waals surface area contributed by atoms with Crippen LogP contribution in [0.5, 0.6) is 0 Å². The Morgan fingerprint density at radius 2 is 1.80 bits per heavy atom. The van der Waals surface area contributed by atoms with E-state index in [0.29, 0.717) is 0 Å². The summed E-state index contributed by atoms with van der Waals surface area (Å²) in [6.07, 6.45) is 1.25. The van der Waals surface area contributed by atoms with Gasteiger partial charge in [0.2, 0.25) is 10.0 Å². The van der Waals surface area contributed by atoms with Crippen LogP contribution in [0.4, 0.5) is 5.69 Å². The van der Waals surface area contributed by atoms with Gasteiger partial charge in [-0.05, 0) is 18.6 Å². The molecule has 10 heteroatoms. The summed E-state index contributed by atoms with van der Waals surface area (Å²) in [6.45, 7) is -0.0196. The average molecular weight is 361 g/mol. The normalized spacial score (nSPS) is 12.6. The lowest BCUT2D eigenvalue weighted by Crippen LogP contribution is -2.26. The topological polar surface area (TPSA) is 106 Å². The number of rotatable bonds is 6. The number of nitrogens with two attached hydrogens (primary N) is 1. The van der Waals surface area contributed by atoms with Crippen LogP contribution >= 0.6 is 23.2 Å². The van der Waals surface area contributed by atoms with Crippen LogP contribution in [0.1, 0.15) is 6.42 Å². The van der Waals surface area contributed by atoms with E-state index in [4.69, 9.17) is 28.9 Å². The third-order valence-corrected chi connectivity index (χ3v) is 5.75. The molecule has 0 aliphatic rings. The van der Waals surface area contributed by atoms with Gasteiger partial charge in [-0.15, -0.1) is 0 Å². The second-order valence-electron chi connectivity index (χ2n) is 4.15. The highest BCUT2D eigenvalue weighted by Gasteiger charge is 2.20. The number of nitrogens with one attached hydrogen (secondary N) is 1. The first-order chi connectivity index (χ1) is 9.04. The minimum absolute atomic E-state index is 0.0196. The molecule has 6 nitrogen and oxygen atoms in total. The predicted molar refractivity (Wildman–Crippen MR) is 80.4 cm³/mol. The molecule has 0 aliphatic carbocycles. The van der Waals surface area contributed by atoms with Crippen molar-refractivity contribution in [1.29, 1.82) is 0 Å². The Labute approximate surface area is 128 Å². The lowest BCUT2D eigenvalue weighted by molar-refractivity contribution is 0.577. The van der Waals surface area contributed by atoms with Crippen LogP contribution in [0.25, 0.3) is 0 Å². The van der Waals surface area contributed by atoms with Gasteiger partial charge in [0.1, 0.15) is 14.7 Å². The summed E-state index contributed by atoms with van der Waals surface area (Å²) in [6, 6.07) is 2.56. The zero-order chi connectivity index (χ0) is 15.6. The van der Waals surface area contributed by atoms with Crippen LogP contribution in [0.3, 0.4) is 0 Å². The van der Waals surface area contributed by atoms with Crippen LogP contribution in [0.15, 0.2) is 17.0 Å². The summed E-state index contributed by atoms with van der Waals surface area (Å²) >= 11 is 11.6. The van der Waals surface area contributed by atoms with E-state index in [-0.39, 0.29) is 39.3 Å². The Hall–Kier alpha value is -0.540. The minimum atomic E-state index is -3.86. The summed E-state index contributed by atoms with van der Waals surface area (Å²) < 4.78 is 48.1. The van der Waals surface area contributed by atoms with Gasteiger partial charge in [0.05, 0.1) is 21.5 Å². The molecule has 0 heterocycles. The lowest BCUT2D eigenvalue weighted by atomic mass is 10.3. The summed E-state index contributed by atoms with van der Waals surface area (Å²) in [5.41, 5.74) is 5.53. The van der Waals surface area contributed by atoms with E-state index in [1.807, 2.05) is 0 Å². The Morgan fingerprint density at radius 3 is 2.35 bits per heavy atom. The number of anilines is 1. The fraction of sp³-hybridized carbons (Fsp3) is 0.400. The third kappa shape index (κ3) is 4.78. The van der Waals surface area contributed by atoms with E-state index in [2.05, 4.69) is 4.72 Å². The van der Waals surface area contributed by atoms with Gasteiger partial charge in [0, 0.05) is 12.8 Å². The van der Waals surface area contributed by atoms with Gasteiger partial charge < -0.3 is 5.73 Å². The van der Waals surface area contributed by atoms with E-state index >= 15 is 0 Å². The molecule has 0 amide bonds. The van der Waals surface area contributed by atoms with Crippen molar-refractivity contribution in [2.24, 2.45) is 0 Å². The molecule has 0 spiro atoms. The molecule has 3 N–H and O–H groups in total. The molecule has 114 valence electrons. The molecular formula is C10H14Cl2N2O4S2. The highest BCUT2D eigenvalue weighted by atomic mass is 35.5. The van der Waals surface area contributed by atoms with Crippen LogP contribution in [0.2, 0.25) is 10.0 Å². The maximum absolute atomic E-state index is 12.0. The van der Waals surface area contributed by atoms with Gasteiger partial charge in [-0.2, -0.15) is 0 Å². The van der Waals surface area contributed by atoms with E-state index in [9.17, 15) is 16.8 Å². The molecule has 1 rings (SSSR count). The Morgan fingerprint density at radius 1 is 1.20 bits per heavy atom. The van der Waals surface area contributed by atoms with Gasteiger partial charge in [0.15, 0.2) is 0 Å². The molecule has 0 bridgehead atoms. The average Bonchev–Trinajstić information content (AvgIpc) is 2.30. The zero-order valence-electron chi connectivity index (χ0n) is 10.6. The summed E-state index contributed by atoms with van der Waals surface area (Å²) in [5.74, 6) is -0.105. The highest BCUT2D eigenvalue weighted by Crippen LogP contribution is 2.32. The van der Waals surface area contributed by atoms with Gasteiger partial charge >= 0.3 is 0 Å². The molecule has 1 aromatic rings. The molecule has 0 fully saturated rings. The van der Waals surface area contributed by atoms with Crippen LogP contribution in [0, 0.1) is 0 Å². The summed E-state index contributed by atoms with van der Waals surface area (Å²) in [4.78, 5) is -0.194. The van der Waals surface area contributed by atoms with Gasteiger partial charge in [0.25, 0.3) is 0 Å². The second kappa shape index (κ2) is 6.48. The minimum Gasteiger partial charge on any atom is -0.396 e. The van der Waals surface area contributed by atoms with Crippen molar-refractivity contribution >= 4 is 48.7 Å². The highest BCUT2D eigenvalue weighted by molar-refractivity contribution is 7.90. The van der Waals surface area contributed by atoms with Crippen LogP contribution in [-0.2, 0) is 19.9 Å². The number of sulfone groups is 1. The van der Waals surface area contributed by atoms with Crippen LogP contribution < -0.4 is 10.5 Å². The Kier molecular flexibility index (Phi) is 5.68. The van der Waals surface area contributed by atoms with Crippen molar-refractivity contribution in [1.82, 2.24) is 4.72 Å². The largest absolute Gasteiger partial charge is 0.396 e. The maximum atomic E-state index is 12.0. The molecule has 1 aromatic carbocycles. The molecule has 0 unspecified atom stereocenters. The smallest absolute Gasteiger partial charge is 0.242 e. The number of benzene rings is 1. The SMILES string of the molecule is CS(=O)(=O)CCCNS(=O)(=O)c1ccc(Cl)c(N)c1Cl. The van der Waals surface area contributed by atoms with Gasteiger partial charge in [-0.25, -0.2) is 21.6 Å². The first-order valence-corrected chi connectivity index (χ1v) is 9.75. The number of hydrogen-bond donors (Lipinski definition) is 2. The quantitative estimate of drug-likeness (QED) is 0.587. The van der Waals surface area contributed by atoms with E-state index in [1.54, 1.807) is 0 Å². The fourth-order valence-corrected chi connectivity index (χ4v) is 3.88. The lowest BCUT2D eigenvalue weighted by Gasteiger charge is -2.10. The standard InChI is InChI=1S/C10H14Cl2N2O4S2/c1-19(15,16)6-2-5-14-20(17,18)8-4-3-7(11)10(13)9(8)12/h3-4,14H,2,5-6,13H2,1H3. The van der Waals surface area contributed by atoms with Crippen molar-refractivity contribution < 1.29 is 16.8 Å². The predicted octanol–water partition coefficient (Wildman–Crippen LogP) is 1.29. The Balaban J connectivity index is 2.83. The first kappa shape index (κ1) is 17.5. The van der Waals surface area contributed by atoms with Crippen LogP contribution in [-0.4, -0.2) is 35.4 Å². The van der Waals surface area contributed by atoms with Gasteiger partial charge in [-0.3, -0.25) is 0 Å². The zero-order valence-corrected chi connectivity index (χ0v) is 13.7. The third-order valence-electron chi connectivity index (χ3n) is 2.36. The number of nitrogen functional groups attached to an aromatic ring is 1. The van der Waals surface area contributed by atoms with Crippen molar-refractivity contribution in [3.63, 3.8) is 0 Å². The molecule has 0 atom stereocenters. The molecule has 0 aromatic heterocycles. The van der Waals surface area contributed by atoms with Crippen molar-refractivity contribution in [3.8, 4) is 0 Å². The first-order valence-electron chi connectivity index (χ1n) is 5.45. The monoisotopic (exact) mass is 360 g/mol. The molecule has 20 heavy (non-hydrogen) atoms. The fourth-order valence-electron chi connectivity index (χ4n) is 1.38. The molecule has 0 radical (unpaired) electrons. The van der Waals surface area contributed by atoms with Crippen molar-refractivity contribution in [3.05, 3.63) is 22.2 Å².